The van der Waals surface area contributed by atoms with Gasteiger partial charge in [0, 0.05) is 11.1 Å². The largest absolute Gasteiger partial charge is 0.494 e. The van der Waals surface area contributed by atoms with Crippen LogP contribution in [0.1, 0.15) is 49.2 Å². The van der Waals surface area contributed by atoms with Gasteiger partial charge in [-0.25, -0.2) is 0 Å². The predicted molar refractivity (Wildman–Crippen MR) is 125 cm³/mol. The summed E-state index contributed by atoms with van der Waals surface area (Å²) in [4.78, 5) is 0. The van der Waals surface area contributed by atoms with E-state index >= 15 is 0 Å². The van der Waals surface area contributed by atoms with Gasteiger partial charge >= 0.3 is 0 Å². The number of hydrogen-bond acceptors (Lipinski definition) is 5. The molecule has 0 fully saturated rings. The molecule has 2 atom stereocenters. The molecule has 2 aliphatic rings. The van der Waals surface area contributed by atoms with Crippen LogP contribution in [0.4, 0.5) is 0 Å². The fourth-order valence-electron chi connectivity index (χ4n) is 4.17. The monoisotopic (exact) mass is 428 g/mol. The van der Waals surface area contributed by atoms with Crippen LogP contribution in [0.5, 0.6) is 17.2 Å². The van der Waals surface area contributed by atoms with Crippen LogP contribution in [0.15, 0.2) is 78.9 Å². The average Bonchev–Trinajstić information content (AvgIpc) is 3.29. The third kappa shape index (κ3) is 3.92. The first kappa shape index (κ1) is 20.5. The number of nitrogens with one attached hydrogen (secondary N) is 1. The van der Waals surface area contributed by atoms with Crippen LogP contribution in [-0.4, -0.2) is 18.2 Å². The third-order valence-electron chi connectivity index (χ3n) is 5.72. The van der Waals surface area contributed by atoms with Gasteiger partial charge in [-0.05, 0) is 67.4 Å². The summed E-state index contributed by atoms with van der Waals surface area (Å²) in [6, 6.07) is 24.7. The van der Waals surface area contributed by atoms with Gasteiger partial charge < -0.3 is 19.6 Å². The van der Waals surface area contributed by atoms with Crippen LogP contribution in [0.25, 0.3) is 5.70 Å². The Morgan fingerprint density at radius 1 is 0.875 bits per heavy atom. The number of fused-ring (bicyclic) bond motifs is 3. The highest BCUT2D eigenvalue weighted by Gasteiger charge is 2.40. The van der Waals surface area contributed by atoms with Gasteiger partial charge in [0.25, 0.3) is 0 Å². The standard InChI is InChI=1S/C27H28N2O3/c1-3-17-31-22-15-11-20(12-16-22)27-29-25(23-7-5-6-8-26(23)32-27)18-24(28-29)19-9-13-21(14-10-19)30-4-2/h5-16,18,25,27-28H,3-4,17H2,1-2H3/t25-,27+/m0/s1. The van der Waals surface area contributed by atoms with Crippen molar-refractivity contribution in [1.29, 1.82) is 0 Å². The number of rotatable bonds is 7. The second-order valence-corrected chi connectivity index (χ2v) is 7.93. The van der Waals surface area contributed by atoms with Crippen molar-refractivity contribution in [3.8, 4) is 17.2 Å². The smallest absolute Gasteiger partial charge is 0.195 e. The molecule has 32 heavy (non-hydrogen) atoms. The molecule has 5 rings (SSSR count). The Morgan fingerprint density at radius 2 is 1.59 bits per heavy atom. The zero-order chi connectivity index (χ0) is 21.9. The molecule has 2 aliphatic heterocycles. The SMILES string of the molecule is CCCOc1ccc([C@H]2Oc3ccccc3[C@@H]3C=C(c4ccc(OCC)cc4)NN23)cc1. The Bertz CT molecular complexity index is 1090. The second-order valence-electron chi connectivity index (χ2n) is 7.93. The molecule has 0 saturated heterocycles. The van der Waals surface area contributed by atoms with Crippen molar-refractivity contribution in [3.05, 3.63) is 95.6 Å². The molecule has 0 unspecified atom stereocenters. The lowest BCUT2D eigenvalue weighted by Gasteiger charge is -2.39. The summed E-state index contributed by atoms with van der Waals surface area (Å²) in [7, 11) is 0. The number of hydrazine groups is 1. The van der Waals surface area contributed by atoms with Crippen molar-refractivity contribution >= 4 is 5.70 Å². The molecule has 0 amide bonds. The van der Waals surface area contributed by atoms with Gasteiger partial charge in [-0.1, -0.05) is 37.3 Å². The van der Waals surface area contributed by atoms with E-state index in [2.05, 4.69) is 59.8 Å². The van der Waals surface area contributed by atoms with Crippen molar-refractivity contribution in [1.82, 2.24) is 10.4 Å². The summed E-state index contributed by atoms with van der Waals surface area (Å²) in [5, 5.41) is 2.18. The number of benzene rings is 3. The van der Waals surface area contributed by atoms with E-state index in [0.29, 0.717) is 6.61 Å². The summed E-state index contributed by atoms with van der Waals surface area (Å²) >= 11 is 0. The fourth-order valence-corrected chi connectivity index (χ4v) is 4.17. The van der Waals surface area contributed by atoms with Crippen molar-refractivity contribution < 1.29 is 14.2 Å². The number of ether oxygens (including phenoxy) is 3. The predicted octanol–water partition coefficient (Wildman–Crippen LogP) is 5.87. The topological polar surface area (TPSA) is 43.0 Å². The first-order valence-electron chi connectivity index (χ1n) is 11.2. The minimum Gasteiger partial charge on any atom is -0.494 e. The molecule has 1 N–H and O–H groups in total. The summed E-state index contributed by atoms with van der Waals surface area (Å²) in [6.07, 6.45) is 3.00. The molecular formula is C27H28N2O3. The van der Waals surface area contributed by atoms with Crippen LogP contribution >= 0.6 is 0 Å². The number of nitrogens with zero attached hydrogens (tertiary/aromatic N) is 1. The number of para-hydroxylation sites is 1. The van der Waals surface area contributed by atoms with Crippen LogP contribution < -0.4 is 19.6 Å². The minimum atomic E-state index is -0.258. The molecule has 0 aliphatic carbocycles. The van der Waals surface area contributed by atoms with Crippen molar-refractivity contribution in [2.24, 2.45) is 0 Å². The Balaban J connectivity index is 1.45. The molecule has 0 spiro atoms. The molecule has 2 heterocycles. The Kier molecular flexibility index (Phi) is 5.73. The first-order valence-corrected chi connectivity index (χ1v) is 11.2. The normalized spacial score (nSPS) is 19.2. The first-order chi connectivity index (χ1) is 15.8. The summed E-state index contributed by atoms with van der Waals surface area (Å²) in [5.74, 6) is 2.67. The maximum atomic E-state index is 6.46. The number of hydrogen-bond donors (Lipinski definition) is 1. The van der Waals surface area contributed by atoms with Crippen molar-refractivity contribution in [3.63, 3.8) is 0 Å². The van der Waals surface area contributed by atoms with E-state index in [9.17, 15) is 0 Å². The van der Waals surface area contributed by atoms with E-state index in [-0.39, 0.29) is 12.3 Å². The summed E-state index contributed by atoms with van der Waals surface area (Å²) in [5.41, 5.74) is 8.00. The lowest BCUT2D eigenvalue weighted by molar-refractivity contribution is -0.0326. The highest BCUT2D eigenvalue weighted by atomic mass is 16.5. The Labute approximate surface area is 189 Å². The van der Waals surface area contributed by atoms with Crippen LogP contribution in [0, 0.1) is 0 Å². The lowest BCUT2D eigenvalue weighted by Crippen LogP contribution is -2.43. The molecular weight excluding hydrogens is 400 g/mol. The molecule has 5 nitrogen and oxygen atoms in total. The fraction of sp³-hybridized carbons (Fsp3) is 0.259. The van der Waals surface area contributed by atoms with Gasteiger partial charge in [0.15, 0.2) is 6.23 Å². The van der Waals surface area contributed by atoms with E-state index in [0.717, 1.165) is 52.7 Å². The summed E-state index contributed by atoms with van der Waals surface area (Å²) in [6.45, 7) is 5.48. The van der Waals surface area contributed by atoms with Gasteiger partial charge in [-0.3, -0.25) is 0 Å². The summed E-state index contributed by atoms with van der Waals surface area (Å²) < 4.78 is 17.8. The van der Waals surface area contributed by atoms with E-state index < -0.39 is 0 Å². The van der Waals surface area contributed by atoms with E-state index in [4.69, 9.17) is 14.2 Å². The zero-order valence-corrected chi connectivity index (χ0v) is 18.5. The van der Waals surface area contributed by atoms with Gasteiger partial charge in [0.1, 0.15) is 17.2 Å². The van der Waals surface area contributed by atoms with E-state index in [1.54, 1.807) is 0 Å². The van der Waals surface area contributed by atoms with Gasteiger partial charge in [-0.2, -0.15) is 5.01 Å². The molecule has 3 aromatic rings. The third-order valence-corrected chi connectivity index (χ3v) is 5.72. The molecule has 0 bridgehead atoms. The molecule has 5 heteroatoms. The van der Waals surface area contributed by atoms with Crippen LogP contribution in [0.3, 0.4) is 0 Å². The van der Waals surface area contributed by atoms with E-state index in [1.807, 2.05) is 43.3 Å². The molecule has 164 valence electrons. The molecule has 0 radical (unpaired) electrons. The van der Waals surface area contributed by atoms with Gasteiger partial charge in [0.2, 0.25) is 0 Å². The molecule has 3 aromatic carbocycles. The highest BCUT2D eigenvalue weighted by molar-refractivity contribution is 5.68. The van der Waals surface area contributed by atoms with Crippen molar-refractivity contribution in [2.75, 3.05) is 13.2 Å². The maximum Gasteiger partial charge on any atom is 0.195 e. The van der Waals surface area contributed by atoms with E-state index in [1.165, 1.54) is 0 Å². The molecule has 0 aromatic heterocycles. The van der Waals surface area contributed by atoms with Gasteiger partial charge in [0.05, 0.1) is 25.0 Å². The highest BCUT2D eigenvalue weighted by Crippen LogP contribution is 2.46. The molecule has 0 saturated carbocycles. The van der Waals surface area contributed by atoms with Crippen LogP contribution in [-0.2, 0) is 0 Å². The van der Waals surface area contributed by atoms with Gasteiger partial charge in [-0.15, -0.1) is 0 Å². The zero-order valence-electron chi connectivity index (χ0n) is 18.5. The minimum absolute atomic E-state index is 0.0718. The van der Waals surface area contributed by atoms with Crippen LogP contribution in [0.2, 0.25) is 0 Å². The lowest BCUT2D eigenvalue weighted by atomic mass is 10.0. The van der Waals surface area contributed by atoms with Crippen molar-refractivity contribution in [2.45, 2.75) is 32.5 Å². The maximum absolute atomic E-state index is 6.46. The quantitative estimate of drug-likeness (QED) is 0.510. The Hall–Kier alpha value is -3.44. The second kappa shape index (κ2) is 8.97. The Morgan fingerprint density at radius 3 is 2.34 bits per heavy atom. The average molecular weight is 429 g/mol.